The summed E-state index contributed by atoms with van der Waals surface area (Å²) < 4.78 is 26.9. The number of amides is 2. The Morgan fingerprint density at radius 3 is 2.41 bits per heavy atom. The van der Waals surface area contributed by atoms with E-state index in [1.165, 1.54) is 41.9 Å². The fourth-order valence-electron chi connectivity index (χ4n) is 2.52. The molecule has 2 rings (SSSR count). The standard InChI is InChI=1S/C20H22F2N2O2S/c1-14(20(26)23-2)24(11-16-5-3-4-6-18(16)22)19(25)13-27-12-15-7-9-17(21)10-8-15/h3-10,14H,11-13H2,1-2H3,(H,23,26)/t14-/m0/s1. The zero-order valence-corrected chi connectivity index (χ0v) is 16.1. The van der Waals surface area contributed by atoms with E-state index in [4.69, 9.17) is 0 Å². The Hall–Kier alpha value is -2.41. The lowest BCUT2D eigenvalue weighted by molar-refractivity contribution is -0.138. The van der Waals surface area contributed by atoms with E-state index in [9.17, 15) is 18.4 Å². The molecule has 4 nitrogen and oxygen atoms in total. The molecule has 2 aromatic carbocycles. The molecule has 0 saturated heterocycles. The van der Waals surface area contributed by atoms with Crippen molar-refractivity contribution in [1.82, 2.24) is 10.2 Å². The summed E-state index contributed by atoms with van der Waals surface area (Å²) in [5.74, 6) is -0.639. The largest absolute Gasteiger partial charge is 0.357 e. The summed E-state index contributed by atoms with van der Waals surface area (Å²) in [5.41, 5.74) is 1.25. The Morgan fingerprint density at radius 1 is 1.11 bits per heavy atom. The van der Waals surface area contributed by atoms with Gasteiger partial charge in [-0.1, -0.05) is 30.3 Å². The molecule has 0 fully saturated rings. The number of halogens is 2. The Balaban J connectivity index is 2.04. The highest BCUT2D eigenvalue weighted by atomic mass is 32.2. The lowest BCUT2D eigenvalue weighted by Crippen LogP contribution is -2.47. The van der Waals surface area contributed by atoms with Crippen molar-refractivity contribution in [3.05, 3.63) is 71.3 Å². The molecule has 1 atom stereocenters. The fourth-order valence-corrected chi connectivity index (χ4v) is 3.39. The van der Waals surface area contributed by atoms with Crippen molar-refractivity contribution in [3.63, 3.8) is 0 Å². The highest BCUT2D eigenvalue weighted by Gasteiger charge is 2.26. The van der Waals surface area contributed by atoms with Crippen molar-refractivity contribution in [2.24, 2.45) is 0 Å². The van der Waals surface area contributed by atoms with Crippen molar-refractivity contribution in [2.75, 3.05) is 12.8 Å². The Kier molecular flexibility index (Phi) is 7.79. The lowest BCUT2D eigenvalue weighted by atomic mass is 10.1. The van der Waals surface area contributed by atoms with E-state index in [0.717, 1.165) is 5.56 Å². The molecule has 0 unspecified atom stereocenters. The first-order valence-corrected chi connectivity index (χ1v) is 9.64. The molecule has 2 aromatic rings. The molecule has 144 valence electrons. The fraction of sp³-hybridized carbons (Fsp3) is 0.300. The monoisotopic (exact) mass is 392 g/mol. The number of nitrogens with zero attached hydrogens (tertiary/aromatic N) is 1. The Morgan fingerprint density at radius 2 is 1.78 bits per heavy atom. The maximum absolute atomic E-state index is 14.0. The Labute approximate surface area is 161 Å². The average Bonchev–Trinajstić information content (AvgIpc) is 2.67. The average molecular weight is 392 g/mol. The Bertz CT molecular complexity index is 784. The number of carbonyl (C=O) groups is 2. The van der Waals surface area contributed by atoms with E-state index in [2.05, 4.69) is 5.32 Å². The molecule has 0 aliphatic heterocycles. The van der Waals surface area contributed by atoms with Gasteiger partial charge >= 0.3 is 0 Å². The van der Waals surface area contributed by atoms with Gasteiger partial charge in [0, 0.05) is 24.9 Å². The predicted octanol–water partition coefficient (Wildman–Crippen LogP) is 3.36. The molecular weight excluding hydrogens is 370 g/mol. The lowest BCUT2D eigenvalue weighted by Gasteiger charge is -2.28. The number of rotatable bonds is 8. The molecule has 0 radical (unpaired) electrons. The van der Waals surface area contributed by atoms with Gasteiger partial charge in [0.25, 0.3) is 0 Å². The van der Waals surface area contributed by atoms with Gasteiger partial charge in [0.15, 0.2) is 0 Å². The maximum Gasteiger partial charge on any atom is 0.242 e. The number of hydrogen-bond acceptors (Lipinski definition) is 3. The molecule has 2 amide bonds. The van der Waals surface area contributed by atoms with Crippen molar-refractivity contribution in [1.29, 1.82) is 0 Å². The van der Waals surface area contributed by atoms with Gasteiger partial charge in [-0.05, 0) is 30.7 Å². The molecule has 7 heteroatoms. The summed E-state index contributed by atoms with van der Waals surface area (Å²) in [6, 6.07) is 11.5. The summed E-state index contributed by atoms with van der Waals surface area (Å²) in [5, 5.41) is 2.52. The van der Waals surface area contributed by atoms with Crippen LogP contribution in [0.1, 0.15) is 18.1 Å². The zero-order valence-electron chi connectivity index (χ0n) is 15.2. The van der Waals surface area contributed by atoms with E-state index >= 15 is 0 Å². The minimum Gasteiger partial charge on any atom is -0.357 e. The second-order valence-corrected chi connectivity index (χ2v) is 7.01. The maximum atomic E-state index is 14.0. The summed E-state index contributed by atoms with van der Waals surface area (Å²) >= 11 is 1.36. The van der Waals surface area contributed by atoms with Crippen LogP contribution in [0.4, 0.5) is 8.78 Å². The van der Waals surface area contributed by atoms with Gasteiger partial charge in [-0.2, -0.15) is 0 Å². The predicted molar refractivity (Wildman–Crippen MR) is 103 cm³/mol. The molecule has 0 heterocycles. The van der Waals surface area contributed by atoms with Gasteiger partial charge in [-0.15, -0.1) is 11.8 Å². The minimum absolute atomic E-state index is 0.0111. The van der Waals surface area contributed by atoms with Crippen LogP contribution < -0.4 is 5.32 Å². The second-order valence-electron chi connectivity index (χ2n) is 6.02. The molecule has 0 aromatic heterocycles. The number of hydrogen-bond donors (Lipinski definition) is 1. The topological polar surface area (TPSA) is 49.4 Å². The van der Waals surface area contributed by atoms with Gasteiger partial charge in [-0.25, -0.2) is 8.78 Å². The van der Waals surface area contributed by atoms with Crippen LogP contribution in [-0.4, -0.2) is 35.6 Å². The van der Waals surface area contributed by atoms with Gasteiger partial charge < -0.3 is 10.2 Å². The van der Waals surface area contributed by atoms with E-state index in [0.29, 0.717) is 11.3 Å². The van der Waals surface area contributed by atoms with Crippen LogP contribution >= 0.6 is 11.8 Å². The highest BCUT2D eigenvalue weighted by Crippen LogP contribution is 2.17. The summed E-state index contributed by atoms with van der Waals surface area (Å²) in [7, 11) is 1.49. The zero-order chi connectivity index (χ0) is 19.8. The number of benzene rings is 2. The van der Waals surface area contributed by atoms with Crippen molar-refractivity contribution < 1.29 is 18.4 Å². The molecule has 0 bridgehead atoms. The molecule has 1 N–H and O–H groups in total. The van der Waals surface area contributed by atoms with Crippen molar-refractivity contribution >= 4 is 23.6 Å². The molecule has 27 heavy (non-hydrogen) atoms. The third-order valence-corrected chi connectivity index (χ3v) is 5.11. The van der Waals surface area contributed by atoms with E-state index < -0.39 is 11.9 Å². The minimum atomic E-state index is -0.728. The van der Waals surface area contributed by atoms with Gasteiger partial charge in [-0.3, -0.25) is 9.59 Å². The molecule has 0 spiro atoms. The van der Waals surface area contributed by atoms with E-state index in [1.807, 2.05) is 0 Å². The van der Waals surface area contributed by atoms with Crippen molar-refractivity contribution in [2.45, 2.75) is 25.3 Å². The number of carbonyl (C=O) groups excluding carboxylic acids is 2. The van der Waals surface area contributed by atoms with Crippen LogP contribution in [0.5, 0.6) is 0 Å². The van der Waals surface area contributed by atoms with Crippen LogP contribution in [0.15, 0.2) is 48.5 Å². The molecule has 0 aliphatic rings. The first-order chi connectivity index (χ1) is 12.9. The first kappa shape index (κ1) is 20.9. The number of nitrogens with one attached hydrogen (secondary N) is 1. The molecule has 0 saturated carbocycles. The number of likely N-dealkylation sites (N-methyl/N-ethyl adjacent to an activating group) is 1. The molecule has 0 aliphatic carbocycles. The van der Waals surface area contributed by atoms with Gasteiger partial charge in [0.1, 0.15) is 17.7 Å². The summed E-state index contributed by atoms with van der Waals surface area (Å²) in [4.78, 5) is 26.1. The van der Waals surface area contributed by atoms with Gasteiger partial charge in [0.2, 0.25) is 11.8 Å². The van der Waals surface area contributed by atoms with Crippen LogP contribution in [0, 0.1) is 11.6 Å². The first-order valence-electron chi connectivity index (χ1n) is 8.49. The van der Waals surface area contributed by atoms with Gasteiger partial charge in [0.05, 0.1) is 5.75 Å². The van der Waals surface area contributed by atoms with Crippen LogP contribution in [0.2, 0.25) is 0 Å². The summed E-state index contributed by atoms with van der Waals surface area (Å²) in [6.07, 6.45) is 0. The summed E-state index contributed by atoms with van der Waals surface area (Å²) in [6.45, 7) is 1.62. The van der Waals surface area contributed by atoms with Crippen LogP contribution in [0.25, 0.3) is 0 Å². The number of thioether (sulfide) groups is 1. The SMILES string of the molecule is CNC(=O)[C@H](C)N(Cc1ccccc1F)C(=O)CSCc1ccc(F)cc1. The quantitative estimate of drug-likeness (QED) is 0.750. The highest BCUT2D eigenvalue weighted by molar-refractivity contribution is 7.99. The molecular formula is C20H22F2N2O2S. The van der Waals surface area contributed by atoms with E-state index in [-0.39, 0.29) is 29.9 Å². The van der Waals surface area contributed by atoms with Crippen LogP contribution in [0.3, 0.4) is 0 Å². The van der Waals surface area contributed by atoms with Crippen molar-refractivity contribution in [3.8, 4) is 0 Å². The third-order valence-electron chi connectivity index (χ3n) is 4.12. The van der Waals surface area contributed by atoms with E-state index in [1.54, 1.807) is 37.3 Å². The third kappa shape index (κ3) is 6.06. The van der Waals surface area contributed by atoms with Crippen LogP contribution in [-0.2, 0) is 21.9 Å². The second kappa shape index (κ2) is 10.1. The normalized spacial score (nSPS) is 11.7. The smallest absolute Gasteiger partial charge is 0.242 e.